The van der Waals surface area contributed by atoms with Crippen molar-refractivity contribution in [3.63, 3.8) is 0 Å². The number of fused-ring (bicyclic) bond motifs is 1. The highest BCUT2D eigenvalue weighted by Crippen LogP contribution is 2.22. The molecule has 0 radical (unpaired) electrons. The summed E-state index contributed by atoms with van der Waals surface area (Å²) in [6.45, 7) is 3.98. The number of aliphatic hydroxyl groups excluding tert-OH is 1. The molecule has 2 aromatic carbocycles. The first-order valence-corrected chi connectivity index (χ1v) is 10.4. The molecule has 1 aromatic heterocycles. The summed E-state index contributed by atoms with van der Waals surface area (Å²) in [7, 11) is 3.99. The van der Waals surface area contributed by atoms with E-state index in [9.17, 15) is 5.11 Å². The number of nitrogens with zero attached hydrogens (tertiary/aromatic N) is 3. The first-order valence-electron chi connectivity index (χ1n) is 10.4. The fourth-order valence-electron chi connectivity index (χ4n) is 3.27. The Kier molecular flexibility index (Phi) is 10.00. The summed E-state index contributed by atoms with van der Waals surface area (Å²) in [5.41, 5.74) is 3.03. The minimum Gasteiger partial charge on any atom is -0.388 e. The van der Waals surface area contributed by atoms with Crippen molar-refractivity contribution in [1.29, 1.82) is 0 Å². The average Bonchev–Trinajstić information content (AvgIpc) is 2.77. The Morgan fingerprint density at radius 2 is 1.77 bits per heavy atom. The molecule has 3 N–H and O–H groups in total. The van der Waals surface area contributed by atoms with E-state index in [-0.39, 0.29) is 24.0 Å². The number of aliphatic imine (C=N–C) groups is 1. The second-order valence-corrected chi connectivity index (χ2v) is 7.39. The number of para-hydroxylation sites is 1. The first kappa shape index (κ1) is 24.9. The summed E-state index contributed by atoms with van der Waals surface area (Å²) in [5.74, 6) is 1.66. The van der Waals surface area contributed by atoms with Gasteiger partial charge in [0.1, 0.15) is 5.82 Å². The van der Waals surface area contributed by atoms with Crippen LogP contribution in [-0.2, 0) is 6.54 Å². The van der Waals surface area contributed by atoms with E-state index in [2.05, 4.69) is 22.8 Å². The van der Waals surface area contributed by atoms with Crippen molar-refractivity contribution < 1.29 is 5.11 Å². The van der Waals surface area contributed by atoms with Gasteiger partial charge in [0.05, 0.1) is 18.2 Å². The zero-order chi connectivity index (χ0) is 21.3. The van der Waals surface area contributed by atoms with Crippen molar-refractivity contribution in [3.05, 3.63) is 71.8 Å². The SMILES string of the molecule is CCNC(=NCc1cc(N(C)C)nc2ccccc12)NCCC(O)c1ccccc1.I. The lowest BCUT2D eigenvalue weighted by Crippen LogP contribution is -2.38. The van der Waals surface area contributed by atoms with Crippen LogP contribution < -0.4 is 15.5 Å². The molecule has 1 heterocycles. The third kappa shape index (κ3) is 7.07. The van der Waals surface area contributed by atoms with Gasteiger partial charge >= 0.3 is 0 Å². The van der Waals surface area contributed by atoms with Crippen molar-refractivity contribution in [2.45, 2.75) is 26.0 Å². The number of aliphatic hydroxyl groups is 1. The van der Waals surface area contributed by atoms with Crippen molar-refractivity contribution >= 4 is 46.7 Å². The van der Waals surface area contributed by atoms with Gasteiger partial charge in [-0.25, -0.2) is 9.98 Å². The average molecular weight is 533 g/mol. The number of rotatable bonds is 8. The van der Waals surface area contributed by atoms with E-state index in [0.717, 1.165) is 40.4 Å². The van der Waals surface area contributed by atoms with Gasteiger partial charge in [-0.15, -0.1) is 24.0 Å². The third-order valence-electron chi connectivity index (χ3n) is 4.89. The van der Waals surface area contributed by atoms with Crippen LogP contribution in [0.1, 0.15) is 30.6 Å². The number of anilines is 1. The van der Waals surface area contributed by atoms with Crippen molar-refractivity contribution in [2.24, 2.45) is 4.99 Å². The standard InChI is InChI=1S/C24H31N5O.HI/c1-4-25-24(26-15-14-22(30)18-10-6-5-7-11-18)27-17-19-16-23(29(2)3)28-21-13-9-8-12-20(19)21;/h5-13,16,22,30H,4,14-15,17H2,1-3H3,(H2,25,26,27);1H. The summed E-state index contributed by atoms with van der Waals surface area (Å²) in [6.07, 6.45) is 0.116. The summed E-state index contributed by atoms with van der Waals surface area (Å²) < 4.78 is 0. The Labute approximate surface area is 201 Å². The number of pyridine rings is 1. The Balaban J connectivity index is 0.00000341. The predicted octanol–water partition coefficient (Wildman–Crippen LogP) is 4.10. The van der Waals surface area contributed by atoms with E-state index in [1.165, 1.54) is 0 Å². The molecule has 0 saturated carbocycles. The quantitative estimate of drug-likeness (QED) is 0.231. The summed E-state index contributed by atoms with van der Waals surface area (Å²) in [4.78, 5) is 11.5. The van der Waals surface area contributed by atoms with Gasteiger partial charge in [-0.05, 0) is 36.6 Å². The highest BCUT2D eigenvalue weighted by Gasteiger charge is 2.09. The predicted molar refractivity (Wildman–Crippen MR) is 140 cm³/mol. The molecule has 0 aliphatic rings. The molecule has 0 amide bonds. The molecule has 7 heteroatoms. The normalized spacial score (nSPS) is 12.2. The van der Waals surface area contributed by atoms with Crippen molar-refractivity contribution in [2.75, 3.05) is 32.1 Å². The van der Waals surface area contributed by atoms with Crippen LogP contribution in [0.15, 0.2) is 65.7 Å². The molecule has 3 aromatic rings. The Morgan fingerprint density at radius 1 is 1.06 bits per heavy atom. The summed E-state index contributed by atoms with van der Waals surface area (Å²) in [6, 6.07) is 20.0. The van der Waals surface area contributed by atoms with Crippen LogP contribution in [0.4, 0.5) is 5.82 Å². The Morgan fingerprint density at radius 3 is 2.48 bits per heavy atom. The van der Waals surface area contributed by atoms with Gasteiger partial charge in [0.25, 0.3) is 0 Å². The lowest BCUT2D eigenvalue weighted by atomic mass is 10.1. The molecule has 1 unspecified atom stereocenters. The molecule has 0 aliphatic heterocycles. The molecular formula is C24H32IN5O. The summed E-state index contributed by atoms with van der Waals surface area (Å²) >= 11 is 0. The van der Waals surface area contributed by atoms with E-state index < -0.39 is 6.10 Å². The molecule has 0 aliphatic carbocycles. The topological polar surface area (TPSA) is 72.8 Å². The van der Waals surface area contributed by atoms with Gasteiger partial charge in [0.15, 0.2) is 5.96 Å². The van der Waals surface area contributed by atoms with E-state index in [1.54, 1.807) is 0 Å². The third-order valence-corrected chi connectivity index (χ3v) is 4.89. The molecule has 0 saturated heterocycles. The lowest BCUT2D eigenvalue weighted by Gasteiger charge is -2.16. The number of hydrogen-bond acceptors (Lipinski definition) is 4. The number of hydrogen-bond donors (Lipinski definition) is 3. The number of halogens is 1. The Bertz CT molecular complexity index is 978. The molecular weight excluding hydrogens is 501 g/mol. The zero-order valence-corrected chi connectivity index (χ0v) is 20.7. The smallest absolute Gasteiger partial charge is 0.191 e. The fraction of sp³-hybridized carbons (Fsp3) is 0.333. The van der Waals surface area contributed by atoms with Crippen molar-refractivity contribution in [1.82, 2.24) is 15.6 Å². The van der Waals surface area contributed by atoms with E-state index in [0.29, 0.717) is 19.5 Å². The summed E-state index contributed by atoms with van der Waals surface area (Å²) in [5, 5.41) is 18.1. The maximum absolute atomic E-state index is 10.4. The first-order chi connectivity index (χ1) is 14.6. The molecule has 6 nitrogen and oxygen atoms in total. The minimum atomic E-state index is -0.492. The van der Waals surface area contributed by atoms with Crippen LogP contribution in [0.3, 0.4) is 0 Å². The molecule has 3 rings (SSSR count). The van der Waals surface area contributed by atoms with Crippen molar-refractivity contribution in [3.8, 4) is 0 Å². The van der Waals surface area contributed by atoms with Crippen LogP contribution in [0.2, 0.25) is 0 Å². The zero-order valence-electron chi connectivity index (χ0n) is 18.4. The molecule has 0 bridgehead atoms. The molecule has 0 fully saturated rings. The highest BCUT2D eigenvalue weighted by atomic mass is 127. The maximum Gasteiger partial charge on any atom is 0.191 e. The van der Waals surface area contributed by atoms with Gasteiger partial charge in [0, 0.05) is 32.6 Å². The van der Waals surface area contributed by atoms with E-state index in [1.807, 2.05) is 74.4 Å². The van der Waals surface area contributed by atoms with Crippen LogP contribution in [0, 0.1) is 0 Å². The van der Waals surface area contributed by atoms with Gasteiger partial charge < -0.3 is 20.6 Å². The fourth-order valence-corrected chi connectivity index (χ4v) is 3.27. The molecule has 166 valence electrons. The Hall–Kier alpha value is -2.39. The van der Waals surface area contributed by atoms with E-state index >= 15 is 0 Å². The molecule has 1 atom stereocenters. The van der Waals surface area contributed by atoms with Gasteiger partial charge in [-0.3, -0.25) is 0 Å². The van der Waals surface area contributed by atoms with Crippen LogP contribution >= 0.6 is 24.0 Å². The minimum absolute atomic E-state index is 0. The molecule has 0 spiro atoms. The number of aromatic nitrogens is 1. The van der Waals surface area contributed by atoms with Crippen LogP contribution in [0.25, 0.3) is 10.9 Å². The van der Waals surface area contributed by atoms with E-state index in [4.69, 9.17) is 9.98 Å². The van der Waals surface area contributed by atoms with Gasteiger partial charge in [-0.2, -0.15) is 0 Å². The second-order valence-electron chi connectivity index (χ2n) is 7.39. The molecule has 31 heavy (non-hydrogen) atoms. The lowest BCUT2D eigenvalue weighted by molar-refractivity contribution is 0.168. The number of nitrogens with one attached hydrogen (secondary N) is 2. The van der Waals surface area contributed by atoms with Gasteiger partial charge in [0.2, 0.25) is 0 Å². The monoisotopic (exact) mass is 533 g/mol. The van der Waals surface area contributed by atoms with Gasteiger partial charge in [-0.1, -0.05) is 48.5 Å². The van der Waals surface area contributed by atoms with Crippen LogP contribution in [-0.4, -0.2) is 43.2 Å². The number of guanidine groups is 1. The second kappa shape index (κ2) is 12.5. The maximum atomic E-state index is 10.4. The van der Waals surface area contributed by atoms with Crippen LogP contribution in [0.5, 0.6) is 0 Å². The number of benzene rings is 2. The largest absolute Gasteiger partial charge is 0.388 e. The highest BCUT2D eigenvalue weighted by molar-refractivity contribution is 14.0.